The molecule has 29 heavy (non-hydrogen) atoms. The van der Waals surface area contributed by atoms with Crippen molar-refractivity contribution in [1.82, 2.24) is 14.4 Å². The Bertz CT molecular complexity index is 1010. The van der Waals surface area contributed by atoms with Gasteiger partial charge in [-0.15, -0.1) is 0 Å². The van der Waals surface area contributed by atoms with Crippen LogP contribution in [-0.4, -0.2) is 68.1 Å². The highest BCUT2D eigenvalue weighted by atomic mass is 32.2. The Morgan fingerprint density at radius 2 is 1.72 bits per heavy atom. The quantitative estimate of drug-likeness (QED) is 0.742. The minimum absolute atomic E-state index is 0.159. The van der Waals surface area contributed by atoms with Gasteiger partial charge >= 0.3 is 0 Å². The van der Waals surface area contributed by atoms with Crippen molar-refractivity contribution in [2.75, 3.05) is 39.4 Å². The molecule has 0 spiro atoms. The summed E-state index contributed by atoms with van der Waals surface area (Å²) in [5.41, 5.74) is 0.985. The van der Waals surface area contributed by atoms with Crippen molar-refractivity contribution in [3.8, 4) is 11.5 Å². The van der Waals surface area contributed by atoms with Crippen LogP contribution in [0.1, 0.15) is 28.2 Å². The molecule has 0 N–H and O–H groups in total. The fraction of sp³-hybridized carbons (Fsp3) is 0.474. The molecule has 0 atom stereocenters. The highest BCUT2D eigenvalue weighted by molar-refractivity contribution is 7.89. The molecule has 1 fully saturated rings. The molecule has 1 saturated heterocycles. The van der Waals surface area contributed by atoms with Crippen molar-refractivity contribution in [3.63, 3.8) is 0 Å². The van der Waals surface area contributed by atoms with E-state index in [0.717, 1.165) is 6.42 Å². The van der Waals surface area contributed by atoms with Gasteiger partial charge in [0.25, 0.3) is 5.91 Å². The molecule has 0 bridgehead atoms. The molecule has 0 radical (unpaired) electrons. The number of piperazine rings is 1. The smallest absolute Gasteiger partial charge is 0.259 e. The lowest BCUT2D eigenvalue weighted by molar-refractivity contribution is 0.0695. The fourth-order valence-corrected chi connectivity index (χ4v) is 4.97. The number of fused-ring (bicyclic) bond motifs is 1. The first-order chi connectivity index (χ1) is 13.9. The van der Waals surface area contributed by atoms with Crippen molar-refractivity contribution in [2.45, 2.75) is 25.2 Å². The maximum Gasteiger partial charge on any atom is 0.259 e. The molecule has 9 nitrogen and oxygen atoms in total. The zero-order valence-corrected chi connectivity index (χ0v) is 17.2. The summed E-state index contributed by atoms with van der Waals surface area (Å²) in [6.45, 7) is 5.46. The number of benzene rings is 1. The second-order valence-electron chi connectivity index (χ2n) is 7.05. The van der Waals surface area contributed by atoms with Gasteiger partial charge in [0.2, 0.25) is 10.0 Å². The number of rotatable bonds is 3. The molecule has 1 amide bonds. The summed E-state index contributed by atoms with van der Waals surface area (Å²) >= 11 is 0. The molecule has 2 aliphatic rings. The molecule has 0 aliphatic carbocycles. The van der Waals surface area contributed by atoms with Crippen LogP contribution in [-0.2, 0) is 10.0 Å². The van der Waals surface area contributed by atoms with Crippen LogP contribution in [0, 0.1) is 13.8 Å². The SMILES string of the molecule is Cc1noc(C)c1C(=O)N1CCN(S(=O)(=O)c2ccc3c(c2)OCCCO3)CC1. The van der Waals surface area contributed by atoms with Crippen LogP contribution in [0.4, 0.5) is 0 Å². The molecule has 10 heteroatoms. The highest BCUT2D eigenvalue weighted by Gasteiger charge is 2.32. The topological polar surface area (TPSA) is 102 Å². The maximum absolute atomic E-state index is 13.1. The Hall–Kier alpha value is -2.59. The largest absolute Gasteiger partial charge is 0.490 e. The lowest BCUT2D eigenvalue weighted by atomic mass is 10.1. The summed E-state index contributed by atoms with van der Waals surface area (Å²) in [7, 11) is -3.70. The van der Waals surface area contributed by atoms with E-state index >= 15 is 0 Å². The van der Waals surface area contributed by atoms with Crippen LogP contribution < -0.4 is 9.47 Å². The van der Waals surface area contributed by atoms with Gasteiger partial charge in [-0.1, -0.05) is 5.16 Å². The Morgan fingerprint density at radius 1 is 1.03 bits per heavy atom. The normalized spacial score (nSPS) is 17.8. The molecule has 1 aromatic carbocycles. The third kappa shape index (κ3) is 3.69. The summed E-state index contributed by atoms with van der Waals surface area (Å²) in [4.78, 5) is 14.5. The fourth-order valence-electron chi connectivity index (χ4n) is 3.53. The van der Waals surface area contributed by atoms with Crippen LogP contribution in [0.2, 0.25) is 0 Å². The molecule has 2 aromatic rings. The van der Waals surface area contributed by atoms with Crippen LogP contribution in [0.3, 0.4) is 0 Å². The first-order valence-corrected chi connectivity index (χ1v) is 10.9. The van der Waals surface area contributed by atoms with Crippen LogP contribution in [0.25, 0.3) is 0 Å². The molecule has 2 aliphatic heterocycles. The number of carbonyl (C=O) groups is 1. The van der Waals surface area contributed by atoms with E-state index in [-0.39, 0.29) is 23.9 Å². The Morgan fingerprint density at radius 3 is 2.38 bits per heavy atom. The Labute approximate surface area is 169 Å². The number of hydrogen-bond donors (Lipinski definition) is 0. The third-order valence-electron chi connectivity index (χ3n) is 5.13. The number of hydrogen-bond acceptors (Lipinski definition) is 7. The van der Waals surface area contributed by atoms with Crippen molar-refractivity contribution in [1.29, 1.82) is 0 Å². The maximum atomic E-state index is 13.1. The van der Waals surface area contributed by atoms with E-state index in [1.165, 1.54) is 16.4 Å². The second-order valence-corrected chi connectivity index (χ2v) is 8.99. The van der Waals surface area contributed by atoms with Gasteiger partial charge < -0.3 is 18.9 Å². The minimum atomic E-state index is -3.70. The van der Waals surface area contributed by atoms with Gasteiger partial charge in [0.1, 0.15) is 11.3 Å². The standard InChI is InChI=1S/C19H23N3O6S/c1-13-18(14(2)28-20-13)19(23)21-6-8-22(9-7-21)29(24,25)15-4-5-16-17(12-15)27-11-3-10-26-16/h4-5,12H,3,6-11H2,1-2H3. The zero-order valence-electron chi connectivity index (χ0n) is 16.4. The number of nitrogens with zero attached hydrogens (tertiary/aromatic N) is 3. The van der Waals surface area contributed by atoms with Gasteiger partial charge in [0, 0.05) is 38.7 Å². The van der Waals surface area contributed by atoms with Gasteiger partial charge in [-0.05, 0) is 26.0 Å². The monoisotopic (exact) mass is 421 g/mol. The molecule has 1 aromatic heterocycles. The van der Waals surface area contributed by atoms with E-state index in [0.29, 0.717) is 54.8 Å². The summed E-state index contributed by atoms with van der Waals surface area (Å²) in [6.07, 6.45) is 0.748. The lowest BCUT2D eigenvalue weighted by Gasteiger charge is -2.34. The van der Waals surface area contributed by atoms with Gasteiger partial charge in [-0.25, -0.2) is 8.42 Å². The second kappa shape index (κ2) is 7.68. The summed E-state index contributed by atoms with van der Waals surface area (Å²) < 4.78 is 43.8. The van der Waals surface area contributed by atoms with Gasteiger partial charge in [0.15, 0.2) is 11.5 Å². The molecule has 0 unspecified atom stereocenters. The van der Waals surface area contributed by atoms with E-state index in [9.17, 15) is 13.2 Å². The lowest BCUT2D eigenvalue weighted by Crippen LogP contribution is -2.50. The van der Waals surface area contributed by atoms with Gasteiger partial charge in [-0.2, -0.15) is 4.31 Å². The minimum Gasteiger partial charge on any atom is -0.490 e. The number of amides is 1. The first kappa shape index (κ1) is 19.7. The first-order valence-electron chi connectivity index (χ1n) is 9.50. The number of carbonyl (C=O) groups excluding carboxylic acids is 1. The Kier molecular flexibility index (Phi) is 5.22. The summed E-state index contributed by atoms with van der Waals surface area (Å²) in [5, 5.41) is 3.82. The molecular weight excluding hydrogens is 398 g/mol. The third-order valence-corrected chi connectivity index (χ3v) is 7.02. The number of ether oxygens (including phenoxy) is 2. The van der Waals surface area contributed by atoms with Crippen molar-refractivity contribution >= 4 is 15.9 Å². The average molecular weight is 421 g/mol. The molecule has 156 valence electrons. The van der Waals surface area contributed by atoms with Crippen molar-refractivity contribution in [3.05, 3.63) is 35.2 Å². The van der Waals surface area contributed by atoms with Gasteiger partial charge in [-0.3, -0.25) is 4.79 Å². The zero-order chi connectivity index (χ0) is 20.6. The summed E-state index contributed by atoms with van der Waals surface area (Å²) in [5.74, 6) is 1.27. The van der Waals surface area contributed by atoms with Crippen LogP contribution in [0.15, 0.2) is 27.6 Å². The summed E-state index contributed by atoms with van der Waals surface area (Å²) in [6, 6.07) is 4.67. The van der Waals surface area contributed by atoms with Crippen molar-refractivity contribution < 1.29 is 27.2 Å². The van der Waals surface area contributed by atoms with Crippen molar-refractivity contribution in [2.24, 2.45) is 0 Å². The average Bonchev–Trinajstić information content (AvgIpc) is 2.92. The molecule has 3 heterocycles. The number of aryl methyl sites for hydroxylation is 2. The van der Waals surface area contributed by atoms with E-state index in [4.69, 9.17) is 14.0 Å². The molecular formula is C19H23N3O6S. The predicted octanol–water partition coefficient (Wildman–Crippen LogP) is 1.60. The predicted molar refractivity (Wildman–Crippen MR) is 103 cm³/mol. The van der Waals surface area contributed by atoms with E-state index in [1.807, 2.05) is 0 Å². The van der Waals surface area contributed by atoms with Crippen LogP contribution >= 0.6 is 0 Å². The molecule has 0 saturated carbocycles. The van der Waals surface area contributed by atoms with E-state index in [1.54, 1.807) is 24.8 Å². The molecule has 4 rings (SSSR count). The number of aromatic nitrogens is 1. The van der Waals surface area contributed by atoms with E-state index < -0.39 is 10.0 Å². The number of sulfonamides is 1. The Balaban J connectivity index is 1.48. The van der Waals surface area contributed by atoms with Gasteiger partial charge in [0.05, 0.1) is 23.8 Å². The van der Waals surface area contributed by atoms with E-state index in [2.05, 4.69) is 5.16 Å². The highest BCUT2D eigenvalue weighted by Crippen LogP contribution is 2.33. The van der Waals surface area contributed by atoms with Crippen LogP contribution in [0.5, 0.6) is 11.5 Å².